The molecule has 2 aliphatic heterocycles. The highest BCUT2D eigenvalue weighted by atomic mass is 35.5. The second-order valence-corrected chi connectivity index (χ2v) is 9.85. The van der Waals surface area contributed by atoms with Gasteiger partial charge >= 0.3 is 0 Å². The first-order valence-electron chi connectivity index (χ1n) is 12.3. The normalized spacial score (nSPS) is 16.9. The number of rotatable bonds is 3. The van der Waals surface area contributed by atoms with Crippen molar-refractivity contribution in [1.29, 1.82) is 0 Å². The molecule has 0 aliphatic carbocycles. The quantitative estimate of drug-likeness (QED) is 0.447. The molecule has 1 fully saturated rings. The van der Waals surface area contributed by atoms with Gasteiger partial charge in [0, 0.05) is 43.5 Å². The Balaban J connectivity index is 1.39. The van der Waals surface area contributed by atoms with Crippen molar-refractivity contribution < 1.29 is 9.59 Å². The molecule has 3 N–H and O–H groups in total. The molecule has 36 heavy (non-hydrogen) atoms. The summed E-state index contributed by atoms with van der Waals surface area (Å²) >= 11 is 6.36. The highest BCUT2D eigenvalue weighted by Crippen LogP contribution is 2.30. The van der Waals surface area contributed by atoms with E-state index in [1.165, 1.54) is 0 Å². The van der Waals surface area contributed by atoms with Gasteiger partial charge in [0.1, 0.15) is 5.02 Å². The predicted octanol–water partition coefficient (Wildman–Crippen LogP) is 5.30. The lowest BCUT2D eigenvalue weighted by Gasteiger charge is -2.31. The third kappa shape index (κ3) is 5.76. The number of hydrogen-bond donors (Lipinski definition) is 3. The number of carbonyl (C=O) groups is 2. The van der Waals surface area contributed by atoms with Crippen molar-refractivity contribution in [2.75, 3.05) is 29.0 Å². The topological polar surface area (TPSA) is 99.3 Å². The molecule has 1 atom stereocenters. The summed E-state index contributed by atoms with van der Waals surface area (Å²) in [6.07, 6.45) is 5.40. The molecule has 8 nitrogen and oxygen atoms in total. The fraction of sp³-hybridized carbons (Fsp3) is 0.333. The van der Waals surface area contributed by atoms with E-state index in [0.717, 1.165) is 60.4 Å². The number of likely N-dealkylation sites (tertiary alicyclic amines) is 1. The molecule has 3 heterocycles. The van der Waals surface area contributed by atoms with Crippen LogP contribution in [0.5, 0.6) is 0 Å². The van der Waals surface area contributed by atoms with E-state index >= 15 is 0 Å². The second kappa shape index (κ2) is 10.5. The number of nitrogens with zero attached hydrogens (tertiary/aromatic N) is 3. The number of benzene rings is 2. The van der Waals surface area contributed by atoms with Crippen LogP contribution in [0.15, 0.2) is 48.7 Å². The molecule has 2 aromatic carbocycles. The number of anilines is 5. The first-order chi connectivity index (χ1) is 17.4. The molecule has 0 saturated carbocycles. The van der Waals surface area contributed by atoms with Crippen molar-refractivity contribution in [3.63, 3.8) is 0 Å². The van der Waals surface area contributed by atoms with Crippen LogP contribution >= 0.6 is 11.6 Å². The minimum atomic E-state index is -0.0278. The second-order valence-electron chi connectivity index (χ2n) is 9.44. The highest BCUT2D eigenvalue weighted by Gasteiger charge is 2.24. The fourth-order valence-electron chi connectivity index (χ4n) is 4.85. The molecular formula is C27H29ClN6O2. The molecule has 9 heteroatoms. The first kappa shape index (κ1) is 24.1. The van der Waals surface area contributed by atoms with Crippen molar-refractivity contribution in [3.05, 3.63) is 64.8 Å². The highest BCUT2D eigenvalue weighted by molar-refractivity contribution is 6.32. The molecule has 0 unspecified atom stereocenters. The van der Waals surface area contributed by atoms with Gasteiger partial charge in [-0.25, -0.2) is 4.98 Å². The molecule has 2 aliphatic rings. The van der Waals surface area contributed by atoms with E-state index in [2.05, 4.69) is 38.1 Å². The lowest BCUT2D eigenvalue weighted by molar-refractivity contribution is -0.131. The third-order valence-corrected chi connectivity index (χ3v) is 6.97. The SMILES string of the molecule is CC(=O)N1CCC[C@H](CC(=O)Nc2ccc3cc2CCc2cccc(c2)Nc2ncc(Cl)c(n2)N3)C1. The number of amides is 2. The summed E-state index contributed by atoms with van der Waals surface area (Å²) in [5.74, 6) is 1.18. The Labute approximate surface area is 215 Å². The third-order valence-electron chi connectivity index (χ3n) is 6.69. The Morgan fingerprint density at radius 1 is 1.14 bits per heavy atom. The van der Waals surface area contributed by atoms with Crippen LogP contribution < -0.4 is 16.0 Å². The predicted molar refractivity (Wildman–Crippen MR) is 142 cm³/mol. The summed E-state index contributed by atoms with van der Waals surface area (Å²) in [6, 6.07) is 14.0. The number of hydrogen-bond acceptors (Lipinski definition) is 6. The Bertz CT molecular complexity index is 1300. The average molecular weight is 505 g/mol. The Morgan fingerprint density at radius 2 is 2.00 bits per heavy atom. The summed E-state index contributed by atoms with van der Waals surface area (Å²) in [5, 5.41) is 10.1. The summed E-state index contributed by atoms with van der Waals surface area (Å²) in [7, 11) is 0. The Morgan fingerprint density at radius 3 is 2.86 bits per heavy atom. The van der Waals surface area contributed by atoms with Crippen LogP contribution in [0.4, 0.5) is 28.8 Å². The summed E-state index contributed by atoms with van der Waals surface area (Å²) in [6.45, 7) is 3.01. The molecule has 6 bridgehead atoms. The smallest absolute Gasteiger partial charge is 0.229 e. The van der Waals surface area contributed by atoms with Crippen LogP contribution in [-0.4, -0.2) is 39.8 Å². The monoisotopic (exact) mass is 504 g/mol. The molecule has 2 amide bonds. The van der Waals surface area contributed by atoms with E-state index in [9.17, 15) is 9.59 Å². The van der Waals surface area contributed by atoms with E-state index in [1.54, 1.807) is 13.1 Å². The van der Waals surface area contributed by atoms with Crippen molar-refractivity contribution in [3.8, 4) is 0 Å². The standard InChI is InChI=1S/C27H29ClN6O2/c1-17(35)34-11-3-5-19(16-34)13-25(36)32-24-10-9-22-14-20(24)8-7-18-4-2-6-21(12-18)31-27-29-15-23(28)26(30-22)33-27/h2,4,6,9-10,12,14-15,19H,3,5,7-8,11,13,16H2,1H3,(H,32,36)(H2,29,30,31,33)/t19-/m1/s1. The zero-order valence-corrected chi connectivity index (χ0v) is 20.9. The van der Waals surface area contributed by atoms with Crippen LogP contribution in [0.2, 0.25) is 5.02 Å². The van der Waals surface area contributed by atoms with E-state index in [4.69, 9.17) is 11.6 Å². The Hall–Kier alpha value is -3.65. The van der Waals surface area contributed by atoms with Crippen molar-refractivity contribution in [2.45, 2.75) is 39.0 Å². The number of fused-ring (bicyclic) bond motifs is 6. The van der Waals surface area contributed by atoms with E-state index in [1.807, 2.05) is 35.2 Å². The van der Waals surface area contributed by atoms with Crippen LogP contribution in [0.1, 0.15) is 37.3 Å². The van der Waals surface area contributed by atoms with Gasteiger partial charge in [-0.05, 0) is 73.1 Å². The molecule has 0 radical (unpaired) electrons. The Kier molecular flexibility index (Phi) is 7.04. The zero-order valence-electron chi connectivity index (χ0n) is 20.2. The maximum atomic E-state index is 13.0. The van der Waals surface area contributed by atoms with Crippen LogP contribution in [0.25, 0.3) is 0 Å². The lowest BCUT2D eigenvalue weighted by Crippen LogP contribution is -2.39. The molecule has 0 spiro atoms. The zero-order chi connectivity index (χ0) is 25.1. The van der Waals surface area contributed by atoms with Gasteiger partial charge < -0.3 is 20.9 Å². The number of nitrogens with one attached hydrogen (secondary N) is 3. The van der Waals surface area contributed by atoms with Crippen molar-refractivity contribution in [1.82, 2.24) is 14.9 Å². The van der Waals surface area contributed by atoms with Gasteiger partial charge in [0.15, 0.2) is 5.82 Å². The minimum absolute atomic E-state index is 0.0278. The summed E-state index contributed by atoms with van der Waals surface area (Å²) < 4.78 is 0. The van der Waals surface area contributed by atoms with Gasteiger partial charge in [-0.2, -0.15) is 4.98 Å². The van der Waals surface area contributed by atoms with Gasteiger partial charge in [-0.15, -0.1) is 0 Å². The van der Waals surface area contributed by atoms with Gasteiger partial charge in [-0.1, -0.05) is 23.7 Å². The van der Waals surface area contributed by atoms with Gasteiger partial charge in [0.25, 0.3) is 0 Å². The van der Waals surface area contributed by atoms with E-state index in [0.29, 0.717) is 29.8 Å². The van der Waals surface area contributed by atoms with Crippen molar-refractivity contribution in [2.24, 2.45) is 5.92 Å². The summed E-state index contributed by atoms with van der Waals surface area (Å²) in [5.41, 5.74) is 4.70. The van der Waals surface area contributed by atoms with Crippen molar-refractivity contribution >= 4 is 52.2 Å². The maximum Gasteiger partial charge on any atom is 0.229 e. The molecule has 1 aromatic heterocycles. The number of piperidine rings is 1. The summed E-state index contributed by atoms with van der Waals surface area (Å²) in [4.78, 5) is 35.4. The molecule has 186 valence electrons. The molecule has 3 aromatic rings. The van der Waals surface area contributed by atoms with E-state index in [-0.39, 0.29) is 17.7 Å². The molecular weight excluding hydrogens is 476 g/mol. The number of carbonyl (C=O) groups excluding carboxylic acids is 2. The van der Waals surface area contributed by atoms with Crippen LogP contribution in [0.3, 0.4) is 0 Å². The number of aryl methyl sites for hydroxylation is 2. The number of aromatic nitrogens is 2. The number of halogens is 1. The van der Waals surface area contributed by atoms with Crippen LogP contribution in [0, 0.1) is 5.92 Å². The van der Waals surface area contributed by atoms with E-state index < -0.39 is 0 Å². The van der Waals surface area contributed by atoms with Crippen LogP contribution in [-0.2, 0) is 22.4 Å². The maximum absolute atomic E-state index is 13.0. The average Bonchev–Trinajstić information content (AvgIpc) is 2.86. The van der Waals surface area contributed by atoms with Gasteiger partial charge in [0.2, 0.25) is 17.8 Å². The largest absolute Gasteiger partial charge is 0.343 e. The minimum Gasteiger partial charge on any atom is -0.343 e. The molecule has 1 saturated heterocycles. The lowest BCUT2D eigenvalue weighted by atomic mass is 9.94. The first-order valence-corrected chi connectivity index (χ1v) is 12.6. The molecule has 5 rings (SSSR count). The van der Waals surface area contributed by atoms with Gasteiger partial charge in [0.05, 0.1) is 6.20 Å². The van der Waals surface area contributed by atoms with Gasteiger partial charge in [-0.3, -0.25) is 9.59 Å². The fourth-order valence-corrected chi connectivity index (χ4v) is 4.98.